The molecule has 0 aliphatic carbocycles. The van der Waals surface area contributed by atoms with Gasteiger partial charge in [-0.2, -0.15) is 9.57 Å². The number of fused-ring (bicyclic) bond motifs is 2. The molecule has 4 heterocycles. The van der Waals surface area contributed by atoms with Gasteiger partial charge in [0.2, 0.25) is 0 Å². The highest BCUT2D eigenvalue weighted by atomic mass is 32.2. The summed E-state index contributed by atoms with van der Waals surface area (Å²) in [5.74, 6) is 2.79. The lowest BCUT2D eigenvalue weighted by Crippen LogP contribution is -2.56. The highest BCUT2D eigenvalue weighted by molar-refractivity contribution is 7.89. The largest absolute Gasteiger partial charge is 0.436 e. The topological polar surface area (TPSA) is 130 Å². The van der Waals surface area contributed by atoms with E-state index in [9.17, 15) is 18.5 Å². The Hall–Kier alpha value is -3.68. The SMILES string of the molecule is C#Cc1ccc2[nH]c(S(=O)(=O)N3CCN(C(=O)c4nc5c(o4)CN(C)N(C)C5)C(CCC#N)C3)cc2c1. The molecule has 2 aliphatic rings. The van der Waals surface area contributed by atoms with Crippen molar-refractivity contribution in [2.45, 2.75) is 37.0 Å². The Kier molecular flexibility index (Phi) is 6.52. The number of amides is 1. The maximum Gasteiger partial charge on any atom is 0.310 e. The number of hydrazine groups is 1. The normalized spacial score (nSPS) is 19.5. The lowest BCUT2D eigenvalue weighted by Gasteiger charge is -2.39. The maximum absolute atomic E-state index is 13.5. The summed E-state index contributed by atoms with van der Waals surface area (Å²) in [6, 6.07) is 8.42. The van der Waals surface area contributed by atoms with Crippen LogP contribution in [0, 0.1) is 23.7 Å². The number of H-pyrrole nitrogens is 1. The predicted octanol–water partition coefficient (Wildman–Crippen LogP) is 1.75. The van der Waals surface area contributed by atoms with Gasteiger partial charge in [0.25, 0.3) is 15.9 Å². The molecule has 0 radical (unpaired) electrons. The number of aromatic amines is 1. The Balaban J connectivity index is 1.38. The molecule has 3 aromatic rings. The van der Waals surface area contributed by atoms with Crippen LogP contribution in [-0.2, 0) is 23.1 Å². The van der Waals surface area contributed by atoms with Crippen LogP contribution in [0.1, 0.15) is 40.5 Å². The number of hydrogen-bond acceptors (Lipinski definition) is 8. The standard InChI is InChI=1S/C25H27N7O4S/c1-4-17-7-8-20-18(12-17)13-23(27-20)37(34,35)31-10-11-32(19(14-31)6-5-9-26)25(33)24-28-21-15-29(2)30(3)16-22(21)36-24/h1,7-8,12-13,19,27H,5-6,10-11,14-16H2,2-3H3. The third kappa shape index (κ3) is 4.61. The molecule has 2 aliphatic heterocycles. The fraction of sp³-hybridized carbons (Fsp3) is 0.400. The summed E-state index contributed by atoms with van der Waals surface area (Å²) in [6.45, 7) is 1.35. The van der Waals surface area contributed by atoms with Gasteiger partial charge in [-0.15, -0.1) is 6.42 Å². The Bertz CT molecular complexity index is 1520. The number of nitrogens with one attached hydrogen (secondary N) is 1. The predicted molar refractivity (Wildman–Crippen MR) is 134 cm³/mol. The summed E-state index contributed by atoms with van der Waals surface area (Å²) < 4.78 is 34.2. The van der Waals surface area contributed by atoms with Crippen molar-refractivity contribution in [1.29, 1.82) is 5.26 Å². The average molecular weight is 522 g/mol. The number of carbonyl (C=O) groups is 1. The second-order valence-electron chi connectivity index (χ2n) is 9.31. The number of piperazine rings is 1. The number of nitrogens with zero attached hydrogens (tertiary/aromatic N) is 6. The van der Waals surface area contributed by atoms with Crippen molar-refractivity contribution in [2.75, 3.05) is 33.7 Å². The van der Waals surface area contributed by atoms with Crippen molar-refractivity contribution >= 4 is 26.8 Å². The van der Waals surface area contributed by atoms with Gasteiger partial charge in [0.1, 0.15) is 10.8 Å². The zero-order valence-electron chi connectivity index (χ0n) is 20.6. The van der Waals surface area contributed by atoms with Crippen LogP contribution in [-0.4, -0.2) is 83.3 Å². The Labute approximate surface area is 215 Å². The van der Waals surface area contributed by atoms with E-state index >= 15 is 0 Å². The lowest BCUT2D eigenvalue weighted by atomic mass is 10.1. The van der Waals surface area contributed by atoms with E-state index in [4.69, 9.17) is 10.8 Å². The number of nitriles is 1. The molecule has 5 rings (SSSR count). The molecule has 1 amide bonds. The second kappa shape index (κ2) is 9.65. The van der Waals surface area contributed by atoms with Crippen LogP contribution < -0.4 is 0 Å². The van der Waals surface area contributed by atoms with Crippen molar-refractivity contribution < 1.29 is 17.6 Å². The van der Waals surface area contributed by atoms with Gasteiger partial charge in [0, 0.05) is 62.7 Å². The monoisotopic (exact) mass is 521 g/mol. The maximum atomic E-state index is 13.5. The summed E-state index contributed by atoms with van der Waals surface area (Å²) >= 11 is 0. The number of aromatic nitrogens is 2. The van der Waals surface area contributed by atoms with Crippen LogP contribution in [0.3, 0.4) is 0 Å². The fourth-order valence-electron chi connectivity index (χ4n) is 4.78. The number of oxazole rings is 1. The number of carbonyl (C=O) groups excluding carboxylic acids is 1. The minimum Gasteiger partial charge on any atom is -0.436 e. The molecule has 2 aromatic heterocycles. The molecule has 1 saturated heterocycles. The Morgan fingerprint density at radius 1 is 1.24 bits per heavy atom. The third-order valence-electron chi connectivity index (χ3n) is 6.97. The minimum absolute atomic E-state index is 0.00750. The highest BCUT2D eigenvalue weighted by Gasteiger charge is 2.39. The van der Waals surface area contributed by atoms with E-state index in [1.54, 1.807) is 29.2 Å². The molecule has 1 N–H and O–H groups in total. The Morgan fingerprint density at radius 2 is 2.03 bits per heavy atom. The summed E-state index contributed by atoms with van der Waals surface area (Å²) in [6.07, 6.45) is 5.98. The van der Waals surface area contributed by atoms with Crippen LogP contribution in [0.15, 0.2) is 33.7 Å². The first-order valence-electron chi connectivity index (χ1n) is 11.9. The van der Waals surface area contributed by atoms with Gasteiger partial charge in [-0.25, -0.2) is 23.4 Å². The van der Waals surface area contributed by atoms with Crippen LogP contribution in [0.4, 0.5) is 0 Å². The smallest absolute Gasteiger partial charge is 0.310 e. The fourth-order valence-corrected chi connectivity index (χ4v) is 6.26. The van der Waals surface area contributed by atoms with E-state index in [2.05, 4.69) is 22.0 Å². The highest BCUT2D eigenvalue weighted by Crippen LogP contribution is 2.27. The van der Waals surface area contributed by atoms with Gasteiger partial charge in [-0.1, -0.05) is 5.92 Å². The van der Waals surface area contributed by atoms with E-state index in [0.29, 0.717) is 47.4 Å². The van der Waals surface area contributed by atoms with Crippen molar-refractivity contribution in [1.82, 2.24) is 29.2 Å². The molecular weight excluding hydrogens is 494 g/mol. The molecule has 192 valence electrons. The molecule has 1 unspecified atom stereocenters. The van der Waals surface area contributed by atoms with E-state index < -0.39 is 22.0 Å². The molecule has 1 atom stereocenters. The van der Waals surface area contributed by atoms with Gasteiger partial charge >= 0.3 is 5.91 Å². The van der Waals surface area contributed by atoms with Gasteiger partial charge in [-0.05, 0) is 30.7 Å². The average Bonchev–Trinajstić information content (AvgIpc) is 3.51. The van der Waals surface area contributed by atoms with Crippen molar-refractivity contribution in [2.24, 2.45) is 0 Å². The first-order chi connectivity index (χ1) is 17.7. The van der Waals surface area contributed by atoms with Gasteiger partial charge in [-0.3, -0.25) is 4.79 Å². The Morgan fingerprint density at radius 3 is 2.78 bits per heavy atom. The van der Waals surface area contributed by atoms with E-state index in [0.717, 1.165) is 0 Å². The van der Waals surface area contributed by atoms with Crippen LogP contribution in [0.25, 0.3) is 10.9 Å². The molecule has 1 aromatic carbocycles. The zero-order valence-corrected chi connectivity index (χ0v) is 21.5. The summed E-state index contributed by atoms with van der Waals surface area (Å²) in [5, 5.41) is 13.9. The van der Waals surface area contributed by atoms with Crippen LogP contribution >= 0.6 is 0 Å². The molecule has 0 spiro atoms. The van der Waals surface area contributed by atoms with Crippen molar-refractivity contribution in [3.63, 3.8) is 0 Å². The van der Waals surface area contributed by atoms with Gasteiger partial charge in [0.15, 0.2) is 0 Å². The number of rotatable bonds is 5. The molecular formula is C25H27N7O4S. The van der Waals surface area contributed by atoms with E-state index in [-0.39, 0.29) is 37.0 Å². The van der Waals surface area contributed by atoms with Crippen molar-refractivity contribution in [3.05, 3.63) is 47.2 Å². The number of benzene rings is 1. The van der Waals surface area contributed by atoms with Crippen molar-refractivity contribution in [3.8, 4) is 18.4 Å². The summed E-state index contributed by atoms with van der Waals surface area (Å²) in [5.41, 5.74) is 2.03. The first kappa shape index (κ1) is 25.0. The quantitative estimate of drug-likeness (QED) is 0.503. The van der Waals surface area contributed by atoms with E-state index in [1.165, 1.54) is 4.31 Å². The first-order valence-corrected chi connectivity index (χ1v) is 13.3. The third-order valence-corrected chi connectivity index (χ3v) is 8.76. The molecule has 1 fully saturated rings. The second-order valence-corrected chi connectivity index (χ2v) is 11.2. The molecule has 0 saturated carbocycles. The zero-order chi connectivity index (χ0) is 26.3. The van der Waals surface area contributed by atoms with Gasteiger partial charge < -0.3 is 14.3 Å². The number of terminal acetylenes is 1. The molecule has 37 heavy (non-hydrogen) atoms. The van der Waals surface area contributed by atoms with Gasteiger partial charge in [0.05, 0.1) is 24.9 Å². The van der Waals surface area contributed by atoms with Crippen LogP contribution in [0.5, 0.6) is 0 Å². The summed E-state index contributed by atoms with van der Waals surface area (Å²) in [4.78, 5) is 22.4. The minimum atomic E-state index is -3.87. The van der Waals surface area contributed by atoms with E-state index in [1.807, 2.05) is 24.1 Å². The molecule has 0 bridgehead atoms. The molecule has 11 nitrogen and oxygen atoms in total. The summed E-state index contributed by atoms with van der Waals surface area (Å²) in [7, 11) is -0.0238. The number of sulfonamides is 1. The molecule has 12 heteroatoms. The van der Waals surface area contributed by atoms with Crippen LogP contribution in [0.2, 0.25) is 0 Å². The lowest BCUT2D eigenvalue weighted by molar-refractivity contribution is -0.0103. The number of hydrogen-bond donors (Lipinski definition) is 1.